The van der Waals surface area contributed by atoms with Gasteiger partial charge in [0.2, 0.25) is 0 Å². The van der Waals surface area contributed by atoms with E-state index in [0.717, 1.165) is 32.6 Å². The first-order chi connectivity index (χ1) is 13.1. The molecule has 0 spiro atoms. The number of hydrogen-bond donors (Lipinski definition) is 4. The van der Waals surface area contributed by atoms with E-state index in [-0.39, 0.29) is 5.88 Å². The molecule has 2 aromatic carbocycles. The van der Waals surface area contributed by atoms with Gasteiger partial charge in [0, 0.05) is 27.4 Å². The number of aliphatic carboxylic acids is 1. The maximum absolute atomic E-state index is 10.6. The fourth-order valence-electron chi connectivity index (χ4n) is 2.53. The third kappa shape index (κ3) is 3.95. The quantitative estimate of drug-likeness (QED) is 0.477. The maximum Gasteiger partial charge on any atom is 0.490 e. The number of benzene rings is 2. The lowest BCUT2D eigenvalue weighted by molar-refractivity contribution is -0.192. The lowest BCUT2D eigenvalue weighted by Crippen LogP contribution is -2.21. The topological polar surface area (TPSA) is 124 Å². The average molecular weight is 390 g/mol. The molecule has 28 heavy (non-hydrogen) atoms. The summed E-state index contributed by atoms with van der Waals surface area (Å²) >= 11 is 0. The van der Waals surface area contributed by atoms with Crippen LogP contribution in [0.5, 0.6) is 5.88 Å². The predicted octanol–water partition coefficient (Wildman–Crippen LogP) is 2.75. The molecule has 3 aromatic rings. The largest absolute Gasteiger partial charge is 0.494 e. The van der Waals surface area contributed by atoms with E-state index in [0.29, 0.717) is 5.69 Å². The Bertz CT molecular complexity index is 1210. The number of aromatic nitrogens is 1. The van der Waals surface area contributed by atoms with Gasteiger partial charge in [-0.2, -0.15) is 23.4 Å². The Morgan fingerprint density at radius 3 is 2.57 bits per heavy atom. The van der Waals surface area contributed by atoms with Gasteiger partial charge < -0.3 is 20.9 Å². The molecule has 7 nitrogen and oxygen atoms in total. The molecule has 0 unspecified atom stereocenters. The number of H-pyrrole nitrogens is 1. The van der Waals surface area contributed by atoms with Gasteiger partial charge in [-0.15, -0.1) is 0 Å². The zero-order valence-electron chi connectivity index (χ0n) is 14.0. The summed E-state index contributed by atoms with van der Waals surface area (Å²) in [5, 5.41) is 28.0. The molecule has 4 rings (SSSR count). The summed E-state index contributed by atoms with van der Waals surface area (Å²) in [6, 6.07) is 11.4. The highest BCUT2D eigenvalue weighted by Crippen LogP contribution is 2.29. The van der Waals surface area contributed by atoms with Crippen molar-refractivity contribution in [2.45, 2.75) is 6.18 Å². The minimum Gasteiger partial charge on any atom is -0.494 e. The number of aromatic hydroxyl groups is 1. The van der Waals surface area contributed by atoms with Gasteiger partial charge in [-0.05, 0) is 35.6 Å². The molecule has 0 aliphatic carbocycles. The van der Waals surface area contributed by atoms with Crippen LogP contribution in [0.1, 0.15) is 5.56 Å². The zero-order chi connectivity index (χ0) is 20.5. The Hall–Kier alpha value is -3.82. The summed E-state index contributed by atoms with van der Waals surface area (Å²) in [5.74, 6) is -2.63. The Balaban J connectivity index is 0.000000279. The smallest absolute Gasteiger partial charge is 0.490 e. The van der Waals surface area contributed by atoms with Crippen molar-refractivity contribution in [3.63, 3.8) is 0 Å². The van der Waals surface area contributed by atoms with E-state index in [1.165, 1.54) is 0 Å². The molecule has 0 radical (unpaired) electrons. The van der Waals surface area contributed by atoms with Gasteiger partial charge in [-0.25, -0.2) is 4.79 Å². The van der Waals surface area contributed by atoms with Gasteiger partial charge >= 0.3 is 12.1 Å². The second-order valence-corrected chi connectivity index (χ2v) is 5.80. The number of fused-ring (bicyclic) bond motifs is 2. The normalized spacial score (nSPS) is 13.0. The highest BCUT2D eigenvalue weighted by Gasteiger charge is 2.38. The van der Waals surface area contributed by atoms with Crippen LogP contribution in [0.4, 0.5) is 24.5 Å². The van der Waals surface area contributed by atoms with Gasteiger partial charge in [-0.3, -0.25) is 0 Å². The van der Waals surface area contributed by atoms with Gasteiger partial charge in [0.1, 0.15) is 0 Å². The lowest BCUT2D eigenvalue weighted by atomic mass is 10.1. The number of hydrogen-bond acceptors (Lipinski definition) is 5. The molecule has 0 amide bonds. The molecule has 1 aliphatic heterocycles. The fourth-order valence-corrected chi connectivity index (χ4v) is 2.53. The zero-order valence-corrected chi connectivity index (χ0v) is 14.0. The molecule has 10 heteroatoms. The van der Waals surface area contributed by atoms with Crippen LogP contribution in [0.15, 0.2) is 46.6 Å². The van der Waals surface area contributed by atoms with E-state index in [1.807, 2.05) is 36.4 Å². The number of rotatable bonds is 1. The molecule has 144 valence electrons. The van der Waals surface area contributed by atoms with Crippen LogP contribution < -0.4 is 16.2 Å². The monoisotopic (exact) mass is 390 g/mol. The molecule has 1 aliphatic rings. The molecule has 0 atom stereocenters. The molecule has 0 bridgehead atoms. The number of aromatic amines is 1. The number of anilines is 1. The number of halogens is 3. The second-order valence-electron chi connectivity index (χ2n) is 5.80. The highest BCUT2D eigenvalue weighted by molar-refractivity contribution is 5.93. The summed E-state index contributed by atoms with van der Waals surface area (Å²) in [5.41, 5.74) is 8.89. The van der Waals surface area contributed by atoms with Crippen molar-refractivity contribution in [3.05, 3.63) is 52.4 Å². The first-order valence-electron chi connectivity index (χ1n) is 7.78. The number of nitrogens with zero attached hydrogens (tertiary/aromatic N) is 2. The number of azo groups is 1. The Morgan fingerprint density at radius 1 is 1.18 bits per heavy atom. The first-order valence-corrected chi connectivity index (χ1v) is 7.78. The minimum atomic E-state index is -5.08. The van der Waals surface area contributed by atoms with Crippen molar-refractivity contribution in [3.8, 4) is 5.88 Å². The molecule has 2 heterocycles. The van der Waals surface area contributed by atoms with Crippen LogP contribution in [0.3, 0.4) is 0 Å². The third-order valence-corrected chi connectivity index (χ3v) is 3.81. The number of nitrogens with two attached hydrogens (primary N) is 1. The predicted molar refractivity (Wildman–Crippen MR) is 96.3 cm³/mol. The van der Waals surface area contributed by atoms with Crippen molar-refractivity contribution in [1.82, 2.24) is 4.98 Å². The van der Waals surface area contributed by atoms with E-state index in [9.17, 15) is 18.3 Å². The SMILES string of the molecule is Nc1ccc2[nH]c(O)c(C=c3ccc4c(c3)N=NC=4)c2c1.O=C(O)C(F)(F)F. The van der Waals surface area contributed by atoms with E-state index < -0.39 is 12.1 Å². The average Bonchev–Trinajstić information content (AvgIpc) is 3.19. The molecule has 0 saturated heterocycles. The second kappa shape index (κ2) is 7.06. The highest BCUT2D eigenvalue weighted by atomic mass is 19.4. The van der Waals surface area contributed by atoms with Crippen LogP contribution in [0.25, 0.3) is 23.2 Å². The number of carbonyl (C=O) groups is 1. The van der Waals surface area contributed by atoms with Crippen LogP contribution in [-0.2, 0) is 4.79 Å². The minimum absolute atomic E-state index is 0.129. The molecule has 1 aromatic heterocycles. The molecular weight excluding hydrogens is 377 g/mol. The number of nitrogen functional groups attached to an aromatic ring is 1. The van der Waals surface area contributed by atoms with Crippen molar-refractivity contribution in [2.24, 2.45) is 10.2 Å². The molecular formula is C18H13F3N4O3. The van der Waals surface area contributed by atoms with Crippen molar-refractivity contribution in [1.29, 1.82) is 0 Å². The van der Waals surface area contributed by atoms with Gasteiger partial charge in [0.05, 0.1) is 11.9 Å². The Labute approximate surface area is 154 Å². The Morgan fingerprint density at radius 2 is 1.89 bits per heavy atom. The molecule has 0 saturated carbocycles. The standard InChI is InChI=1S/C16H12N4O.C2HF3O2/c17-11-3-4-14-12(7-11)13(16(21)19-14)5-9-1-2-10-8-18-20-15(10)6-9;3-2(4,5)1(6)7/h1-8,19,21H,17H2;(H,6,7). The lowest BCUT2D eigenvalue weighted by Gasteiger charge is -1.96. The van der Waals surface area contributed by atoms with Crippen LogP contribution in [0.2, 0.25) is 0 Å². The summed E-state index contributed by atoms with van der Waals surface area (Å²) in [4.78, 5) is 11.8. The number of alkyl halides is 3. The fraction of sp³-hybridized carbons (Fsp3) is 0.0556. The summed E-state index contributed by atoms with van der Waals surface area (Å²) in [6.07, 6.45) is -1.45. The summed E-state index contributed by atoms with van der Waals surface area (Å²) in [7, 11) is 0. The Kier molecular flexibility index (Phi) is 4.78. The number of carboxylic acid groups (broad SMARTS) is 1. The van der Waals surface area contributed by atoms with Gasteiger partial charge in [-0.1, -0.05) is 12.1 Å². The van der Waals surface area contributed by atoms with E-state index >= 15 is 0 Å². The summed E-state index contributed by atoms with van der Waals surface area (Å²) in [6.45, 7) is 0. The van der Waals surface area contributed by atoms with Gasteiger partial charge in [0.25, 0.3) is 0 Å². The number of carboxylic acids is 1. The first kappa shape index (κ1) is 19.0. The number of nitrogens with one attached hydrogen (secondary N) is 1. The van der Waals surface area contributed by atoms with Gasteiger partial charge in [0.15, 0.2) is 5.88 Å². The van der Waals surface area contributed by atoms with E-state index in [1.54, 1.807) is 12.3 Å². The van der Waals surface area contributed by atoms with E-state index in [2.05, 4.69) is 15.2 Å². The molecule has 0 fully saturated rings. The maximum atomic E-state index is 10.6. The summed E-state index contributed by atoms with van der Waals surface area (Å²) < 4.78 is 31.7. The van der Waals surface area contributed by atoms with Crippen molar-refractivity contribution >= 4 is 40.5 Å². The van der Waals surface area contributed by atoms with Crippen LogP contribution in [0, 0.1) is 0 Å². The van der Waals surface area contributed by atoms with E-state index in [4.69, 9.17) is 15.6 Å². The van der Waals surface area contributed by atoms with Crippen molar-refractivity contribution < 1.29 is 28.2 Å². The molecule has 5 N–H and O–H groups in total. The van der Waals surface area contributed by atoms with Crippen LogP contribution in [-0.4, -0.2) is 27.3 Å². The van der Waals surface area contributed by atoms with Crippen LogP contribution >= 0.6 is 0 Å². The third-order valence-electron chi connectivity index (χ3n) is 3.81. The van der Waals surface area contributed by atoms with Crippen molar-refractivity contribution in [2.75, 3.05) is 5.73 Å².